The fourth-order valence-corrected chi connectivity index (χ4v) is 3.44. The molecule has 1 fully saturated rings. The first kappa shape index (κ1) is 20.0. The van der Waals surface area contributed by atoms with Crippen LogP contribution in [0.15, 0.2) is 54.6 Å². The van der Waals surface area contributed by atoms with Crippen molar-refractivity contribution in [3.8, 4) is 5.69 Å². The van der Waals surface area contributed by atoms with Gasteiger partial charge in [-0.15, -0.1) is 17.5 Å². The molecular formula is C20H21ClFN5O. The van der Waals surface area contributed by atoms with Gasteiger partial charge in [-0.05, 0) is 36.8 Å². The van der Waals surface area contributed by atoms with Gasteiger partial charge in [0, 0.05) is 19.6 Å². The molecule has 1 unspecified atom stereocenters. The molecule has 1 aromatic heterocycles. The Labute approximate surface area is 168 Å². The molecule has 6 nitrogen and oxygen atoms in total. The average Bonchev–Trinajstić information content (AvgIpc) is 3.09. The van der Waals surface area contributed by atoms with E-state index in [0.717, 1.165) is 11.3 Å². The third-order valence-corrected chi connectivity index (χ3v) is 4.84. The van der Waals surface area contributed by atoms with Crippen LogP contribution in [0.25, 0.3) is 5.69 Å². The molecule has 1 saturated heterocycles. The van der Waals surface area contributed by atoms with E-state index in [9.17, 15) is 9.18 Å². The Morgan fingerprint density at radius 2 is 1.96 bits per heavy atom. The molecule has 0 aliphatic carbocycles. The summed E-state index contributed by atoms with van der Waals surface area (Å²) >= 11 is 0. The molecule has 1 aliphatic heterocycles. The maximum atomic E-state index is 13.7. The fraction of sp³-hybridized carbons (Fsp3) is 0.250. The van der Waals surface area contributed by atoms with Gasteiger partial charge in [0.15, 0.2) is 5.69 Å². The van der Waals surface area contributed by atoms with Gasteiger partial charge in [-0.2, -0.15) is 0 Å². The van der Waals surface area contributed by atoms with Crippen LogP contribution in [0.3, 0.4) is 0 Å². The number of nitrogens with zero attached hydrogens (tertiary/aromatic N) is 4. The molecule has 28 heavy (non-hydrogen) atoms. The maximum absolute atomic E-state index is 13.7. The number of hydrogen-bond acceptors (Lipinski definition) is 4. The summed E-state index contributed by atoms with van der Waals surface area (Å²) in [5.74, 6) is -0.498. The Balaban J connectivity index is 0.00000225. The van der Waals surface area contributed by atoms with Crippen molar-refractivity contribution in [2.45, 2.75) is 13.0 Å². The van der Waals surface area contributed by atoms with E-state index in [1.54, 1.807) is 15.6 Å². The highest BCUT2D eigenvalue weighted by Crippen LogP contribution is 2.25. The number of aromatic nitrogens is 3. The molecular weight excluding hydrogens is 381 g/mol. The molecule has 0 spiro atoms. The molecule has 2 aromatic carbocycles. The van der Waals surface area contributed by atoms with Crippen LogP contribution >= 0.6 is 12.4 Å². The number of nitrogens with one attached hydrogen (secondary N) is 1. The van der Waals surface area contributed by atoms with Gasteiger partial charge in [0.1, 0.15) is 5.82 Å². The van der Waals surface area contributed by atoms with E-state index in [1.165, 1.54) is 12.1 Å². The Morgan fingerprint density at radius 3 is 2.71 bits per heavy atom. The molecule has 8 heteroatoms. The van der Waals surface area contributed by atoms with Crippen LogP contribution < -0.4 is 5.32 Å². The molecule has 3 aromatic rings. The van der Waals surface area contributed by atoms with Crippen LogP contribution in [0.4, 0.5) is 4.39 Å². The molecule has 0 radical (unpaired) electrons. The topological polar surface area (TPSA) is 63.1 Å². The number of rotatable bonds is 3. The summed E-state index contributed by atoms with van der Waals surface area (Å²) < 4.78 is 15.3. The maximum Gasteiger partial charge on any atom is 0.276 e. The summed E-state index contributed by atoms with van der Waals surface area (Å²) in [5.41, 5.74) is 2.62. The highest BCUT2D eigenvalue weighted by molar-refractivity contribution is 5.93. The Kier molecular flexibility index (Phi) is 6.06. The zero-order valence-corrected chi connectivity index (χ0v) is 16.2. The monoisotopic (exact) mass is 401 g/mol. The van der Waals surface area contributed by atoms with Gasteiger partial charge in [0.2, 0.25) is 0 Å². The lowest BCUT2D eigenvalue weighted by molar-refractivity contribution is 0.0627. The second-order valence-electron chi connectivity index (χ2n) is 6.54. The van der Waals surface area contributed by atoms with E-state index in [-0.39, 0.29) is 30.2 Å². The highest BCUT2D eigenvalue weighted by atomic mass is 35.5. The lowest BCUT2D eigenvalue weighted by Gasteiger charge is -2.36. The molecule has 1 aliphatic rings. The number of para-hydroxylation sites is 1. The van der Waals surface area contributed by atoms with Crippen LogP contribution in [0.5, 0.6) is 0 Å². The summed E-state index contributed by atoms with van der Waals surface area (Å²) in [5, 5.41) is 11.6. The van der Waals surface area contributed by atoms with Crippen LogP contribution in [-0.4, -0.2) is 45.4 Å². The van der Waals surface area contributed by atoms with Crippen molar-refractivity contribution in [2.75, 3.05) is 19.6 Å². The van der Waals surface area contributed by atoms with Crippen molar-refractivity contribution >= 4 is 18.3 Å². The second kappa shape index (κ2) is 8.50. The van der Waals surface area contributed by atoms with E-state index in [4.69, 9.17) is 0 Å². The number of amides is 1. The van der Waals surface area contributed by atoms with Crippen molar-refractivity contribution < 1.29 is 9.18 Å². The van der Waals surface area contributed by atoms with Crippen molar-refractivity contribution in [3.63, 3.8) is 0 Å². The first-order valence-electron chi connectivity index (χ1n) is 8.90. The number of carbonyl (C=O) groups excluding carboxylic acids is 1. The fourth-order valence-electron chi connectivity index (χ4n) is 3.44. The number of carbonyl (C=O) groups is 1. The minimum atomic E-state index is -0.309. The van der Waals surface area contributed by atoms with Crippen molar-refractivity contribution in [3.05, 3.63) is 77.4 Å². The smallest absolute Gasteiger partial charge is 0.276 e. The van der Waals surface area contributed by atoms with Crippen LogP contribution in [0.2, 0.25) is 0 Å². The third-order valence-electron chi connectivity index (χ3n) is 4.84. The van der Waals surface area contributed by atoms with Crippen LogP contribution in [0.1, 0.15) is 27.8 Å². The summed E-state index contributed by atoms with van der Waals surface area (Å²) in [6, 6.07) is 15.7. The Morgan fingerprint density at radius 1 is 1.18 bits per heavy atom. The molecule has 146 valence electrons. The van der Waals surface area contributed by atoms with E-state index < -0.39 is 0 Å². The predicted octanol–water partition coefficient (Wildman–Crippen LogP) is 2.92. The van der Waals surface area contributed by atoms with Crippen molar-refractivity contribution in [1.82, 2.24) is 25.2 Å². The van der Waals surface area contributed by atoms with Gasteiger partial charge in [0.25, 0.3) is 5.91 Å². The standard InChI is InChI=1S/C20H20FN5O.ClH/c1-14-19(23-24-26(14)17-8-3-2-4-9-17)20(27)25-11-10-22-13-18(25)15-6-5-7-16(21)12-15;/h2-9,12,18,22H,10-11,13H2,1H3;1H. The van der Waals surface area contributed by atoms with Crippen LogP contribution in [0, 0.1) is 12.7 Å². The Bertz CT molecular complexity index is 962. The summed E-state index contributed by atoms with van der Waals surface area (Å²) in [6.07, 6.45) is 0. The van der Waals surface area contributed by atoms with Gasteiger partial charge in [-0.1, -0.05) is 35.5 Å². The van der Waals surface area contributed by atoms with E-state index >= 15 is 0 Å². The van der Waals surface area contributed by atoms with Gasteiger partial charge in [-0.3, -0.25) is 4.79 Å². The molecule has 4 rings (SSSR count). The van der Waals surface area contributed by atoms with E-state index in [2.05, 4.69) is 15.6 Å². The molecule has 1 amide bonds. The first-order chi connectivity index (χ1) is 13.1. The SMILES string of the molecule is Cc1c(C(=O)N2CCNCC2c2cccc(F)c2)nnn1-c1ccccc1.Cl. The van der Waals surface area contributed by atoms with Gasteiger partial charge in [-0.25, -0.2) is 9.07 Å². The summed E-state index contributed by atoms with van der Waals surface area (Å²) in [7, 11) is 0. The average molecular weight is 402 g/mol. The lowest BCUT2D eigenvalue weighted by Crippen LogP contribution is -2.49. The summed E-state index contributed by atoms with van der Waals surface area (Å²) in [6.45, 7) is 3.61. The largest absolute Gasteiger partial charge is 0.328 e. The number of piperazine rings is 1. The zero-order valence-electron chi connectivity index (χ0n) is 15.4. The third kappa shape index (κ3) is 3.76. The molecule has 1 atom stereocenters. The van der Waals surface area contributed by atoms with Crippen LogP contribution in [-0.2, 0) is 0 Å². The quantitative estimate of drug-likeness (QED) is 0.733. The first-order valence-corrected chi connectivity index (χ1v) is 8.90. The van der Waals surface area contributed by atoms with Crippen molar-refractivity contribution in [2.24, 2.45) is 0 Å². The lowest BCUT2D eigenvalue weighted by atomic mass is 10.0. The van der Waals surface area contributed by atoms with Gasteiger partial charge >= 0.3 is 0 Å². The molecule has 2 heterocycles. The van der Waals surface area contributed by atoms with Gasteiger partial charge < -0.3 is 10.2 Å². The number of benzene rings is 2. The predicted molar refractivity (Wildman–Crippen MR) is 106 cm³/mol. The number of halogens is 2. The zero-order chi connectivity index (χ0) is 18.8. The van der Waals surface area contributed by atoms with Crippen molar-refractivity contribution in [1.29, 1.82) is 0 Å². The number of hydrogen-bond donors (Lipinski definition) is 1. The minimum absolute atomic E-state index is 0. The minimum Gasteiger partial charge on any atom is -0.328 e. The molecule has 0 saturated carbocycles. The molecule has 1 N–H and O–H groups in total. The molecule has 0 bridgehead atoms. The highest BCUT2D eigenvalue weighted by Gasteiger charge is 2.31. The summed E-state index contributed by atoms with van der Waals surface area (Å²) in [4.78, 5) is 15.0. The van der Waals surface area contributed by atoms with E-state index in [1.807, 2.05) is 43.3 Å². The van der Waals surface area contributed by atoms with E-state index in [0.29, 0.717) is 31.0 Å². The normalized spacial score (nSPS) is 16.5. The second-order valence-corrected chi connectivity index (χ2v) is 6.54. The Hall–Kier alpha value is -2.77. The van der Waals surface area contributed by atoms with Gasteiger partial charge in [0.05, 0.1) is 17.4 Å².